The lowest BCUT2D eigenvalue weighted by molar-refractivity contribution is 0.102. The number of halogens is 1. The predicted molar refractivity (Wildman–Crippen MR) is 127 cm³/mol. The van der Waals surface area contributed by atoms with E-state index < -0.39 is 21.5 Å². The second-order valence-electron chi connectivity index (χ2n) is 8.57. The number of anilines is 1. The predicted octanol–water partition coefficient (Wildman–Crippen LogP) is 4.52. The summed E-state index contributed by atoms with van der Waals surface area (Å²) in [6, 6.07) is 9.24. The molecule has 0 unspecified atom stereocenters. The maximum Gasteiger partial charge on any atom is 0.257 e. The number of benzene rings is 2. The molecule has 0 saturated carbocycles. The largest absolute Gasteiger partial charge is 0.495 e. The first-order valence-corrected chi connectivity index (χ1v) is 12.4. The van der Waals surface area contributed by atoms with Crippen molar-refractivity contribution in [1.29, 1.82) is 0 Å². The molecule has 1 aromatic heterocycles. The SMILES string of the molecule is COc1ccc(C(=O)Nc2ncc(Cc3ccc(C)c(F)c3)s2)cc1S(=O)(=O)NC(C)(C)C. The molecule has 1 heterocycles. The van der Waals surface area contributed by atoms with Crippen LogP contribution in [0.4, 0.5) is 9.52 Å². The fourth-order valence-corrected chi connectivity index (χ4v) is 5.51. The van der Waals surface area contributed by atoms with Crippen LogP contribution >= 0.6 is 11.3 Å². The van der Waals surface area contributed by atoms with E-state index in [9.17, 15) is 17.6 Å². The Morgan fingerprint density at radius 1 is 1.18 bits per heavy atom. The average Bonchev–Trinajstić information content (AvgIpc) is 3.15. The molecule has 0 radical (unpaired) electrons. The van der Waals surface area contributed by atoms with Crippen LogP contribution in [0.3, 0.4) is 0 Å². The van der Waals surface area contributed by atoms with Crippen LogP contribution in [0.5, 0.6) is 5.75 Å². The van der Waals surface area contributed by atoms with Crippen LogP contribution in [0.1, 0.15) is 47.1 Å². The second kappa shape index (κ2) is 9.58. The van der Waals surface area contributed by atoms with Crippen molar-refractivity contribution in [1.82, 2.24) is 9.71 Å². The summed E-state index contributed by atoms with van der Waals surface area (Å²) in [4.78, 5) is 17.7. The van der Waals surface area contributed by atoms with Gasteiger partial charge in [0.2, 0.25) is 10.0 Å². The van der Waals surface area contributed by atoms with E-state index in [0.29, 0.717) is 17.1 Å². The third-order valence-corrected chi connectivity index (χ3v) is 7.24. The lowest BCUT2D eigenvalue weighted by Gasteiger charge is -2.21. The number of rotatable bonds is 7. The van der Waals surface area contributed by atoms with E-state index in [1.54, 1.807) is 40.0 Å². The molecule has 176 valence electrons. The minimum absolute atomic E-state index is 0.130. The van der Waals surface area contributed by atoms with Gasteiger partial charge in [0.05, 0.1) is 7.11 Å². The quantitative estimate of drug-likeness (QED) is 0.507. The Hall–Kier alpha value is -2.82. The van der Waals surface area contributed by atoms with E-state index in [0.717, 1.165) is 10.4 Å². The van der Waals surface area contributed by atoms with Crippen molar-refractivity contribution in [2.75, 3.05) is 12.4 Å². The standard InChI is InChI=1S/C23H26FN3O4S2/c1-14-6-7-15(11-18(14)24)10-17-13-25-22(32-17)26-21(28)16-8-9-19(31-5)20(12-16)33(29,30)27-23(2,3)4/h6-9,11-13,27H,10H2,1-5H3,(H,25,26,28). The molecule has 0 aliphatic carbocycles. The molecule has 0 spiro atoms. The Morgan fingerprint density at radius 3 is 2.55 bits per heavy atom. The minimum atomic E-state index is -3.93. The second-order valence-corrected chi connectivity index (χ2v) is 11.3. The minimum Gasteiger partial charge on any atom is -0.495 e. The van der Waals surface area contributed by atoms with Gasteiger partial charge in [0.25, 0.3) is 5.91 Å². The highest BCUT2D eigenvalue weighted by Gasteiger charge is 2.26. The Bertz CT molecular complexity index is 1280. The Kier molecular flexibility index (Phi) is 7.20. The van der Waals surface area contributed by atoms with Crippen LogP contribution in [0.25, 0.3) is 0 Å². The number of aryl methyl sites for hydroxylation is 1. The molecular weight excluding hydrogens is 465 g/mol. The van der Waals surface area contributed by atoms with Crippen LogP contribution in [0.15, 0.2) is 47.5 Å². The zero-order valence-electron chi connectivity index (χ0n) is 19.0. The molecule has 2 N–H and O–H groups in total. The highest BCUT2D eigenvalue weighted by molar-refractivity contribution is 7.89. The molecule has 0 bridgehead atoms. The highest BCUT2D eigenvalue weighted by Crippen LogP contribution is 2.27. The molecule has 0 aliphatic rings. The molecule has 10 heteroatoms. The summed E-state index contributed by atoms with van der Waals surface area (Å²) < 4.78 is 47.2. The number of aromatic nitrogens is 1. The van der Waals surface area contributed by atoms with Crippen molar-refractivity contribution >= 4 is 32.4 Å². The van der Waals surface area contributed by atoms with E-state index in [4.69, 9.17) is 4.74 Å². The monoisotopic (exact) mass is 491 g/mol. The van der Waals surface area contributed by atoms with E-state index in [-0.39, 0.29) is 22.0 Å². The van der Waals surface area contributed by atoms with E-state index in [1.807, 2.05) is 6.07 Å². The Balaban J connectivity index is 1.79. The van der Waals surface area contributed by atoms with Crippen molar-refractivity contribution in [2.45, 2.75) is 44.6 Å². The molecule has 7 nitrogen and oxygen atoms in total. The number of carbonyl (C=O) groups is 1. The molecule has 3 aromatic rings. The van der Waals surface area contributed by atoms with Crippen LogP contribution in [0, 0.1) is 12.7 Å². The van der Waals surface area contributed by atoms with Crippen LogP contribution < -0.4 is 14.8 Å². The molecule has 0 atom stereocenters. The van der Waals surface area contributed by atoms with Gasteiger partial charge in [0, 0.05) is 28.6 Å². The third kappa shape index (κ3) is 6.37. The normalized spacial score (nSPS) is 11.9. The molecule has 0 fully saturated rings. The molecule has 1 amide bonds. The van der Waals surface area contributed by atoms with Crippen molar-refractivity contribution < 1.29 is 22.3 Å². The zero-order valence-corrected chi connectivity index (χ0v) is 20.7. The first-order valence-electron chi connectivity index (χ1n) is 10.1. The number of ether oxygens (including phenoxy) is 1. The average molecular weight is 492 g/mol. The van der Waals surface area contributed by atoms with E-state index in [1.165, 1.54) is 42.7 Å². The summed E-state index contributed by atoms with van der Waals surface area (Å²) in [5, 5.41) is 3.04. The summed E-state index contributed by atoms with van der Waals surface area (Å²) in [5.74, 6) is -0.644. The number of sulfonamides is 1. The maximum absolute atomic E-state index is 13.8. The zero-order chi connectivity index (χ0) is 24.4. The van der Waals surface area contributed by atoms with Gasteiger partial charge in [-0.25, -0.2) is 22.5 Å². The summed E-state index contributed by atoms with van der Waals surface area (Å²) >= 11 is 1.27. The fraction of sp³-hybridized carbons (Fsp3) is 0.304. The number of amides is 1. The molecular formula is C23H26FN3O4S2. The summed E-state index contributed by atoms with van der Waals surface area (Å²) in [6.45, 7) is 6.87. The van der Waals surface area contributed by atoms with Gasteiger partial charge < -0.3 is 4.74 Å². The van der Waals surface area contributed by atoms with Crippen LogP contribution in [0.2, 0.25) is 0 Å². The Labute approximate surface area is 197 Å². The van der Waals surface area contributed by atoms with Crippen LogP contribution in [-0.4, -0.2) is 32.0 Å². The van der Waals surface area contributed by atoms with E-state index >= 15 is 0 Å². The van der Waals surface area contributed by atoms with Crippen molar-refractivity contribution in [3.8, 4) is 5.75 Å². The Morgan fingerprint density at radius 2 is 1.91 bits per heavy atom. The van der Waals surface area contributed by atoms with Gasteiger partial charge in [-0.15, -0.1) is 11.3 Å². The highest BCUT2D eigenvalue weighted by atomic mass is 32.2. The molecule has 2 aromatic carbocycles. The molecule has 3 rings (SSSR count). The summed E-state index contributed by atoms with van der Waals surface area (Å²) in [7, 11) is -2.56. The smallest absolute Gasteiger partial charge is 0.257 e. The number of thiazole rings is 1. The van der Waals surface area contributed by atoms with E-state index in [2.05, 4.69) is 15.0 Å². The van der Waals surface area contributed by atoms with Gasteiger partial charge in [-0.3, -0.25) is 10.1 Å². The van der Waals surface area contributed by atoms with Gasteiger partial charge in [-0.2, -0.15) is 0 Å². The lowest BCUT2D eigenvalue weighted by Crippen LogP contribution is -2.40. The van der Waals surface area contributed by atoms with Crippen molar-refractivity contribution in [3.63, 3.8) is 0 Å². The van der Waals surface area contributed by atoms with Gasteiger partial charge in [-0.1, -0.05) is 12.1 Å². The van der Waals surface area contributed by atoms with Gasteiger partial charge in [-0.05, 0) is 63.1 Å². The first kappa shape index (κ1) is 24.8. The van der Waals surface area contributed by atoms with Crippen molar-refractivity contribution in [2.24, 2.45) is 0 Å². The molecule has 0 saturated heterocycles. The maximum atomic E-state index is 13.8. The number of methoxy groups -OCH3 is 1. The topological polar surface area (TPSA) is 97.4 Å². The number of hydrogen-bond donors (Lipinski definition) is 2. The number of nitrogens with one attached hydrogen (secondary N) is 2. The number of carbonyl (C=O) groups excluding carboxylic acids is 1. The summed E-state index contributed by atoms with van der Waals surface area (Å²) in [5.41, 5.74) is 0.813. The first-order chi connectivity index (χ1) is 15.4. The number of hydrogen-bond acceptors (Lipinski definition) is 6. The molecule has 0 aliphatic heterocycles. The van der Waals surface area contributed by atoms with Gasteiger partial charge >= 0.3 is 0 Å². The fourth-order valence-electron chi connectivity index (χ4n) is 3.05. The van der Waals surface area contributed by atoms with Gasteiger partial charge in [0.1, 0.15) is 16.5 Å². The molecule has 33 heavy (non-hydrogen) atoms. The summed E-state index contributed by atoms with van der Waals surface area (Å²) in [6.07, 6.45) is 2.10. The number of nitrogens with zero attached hydrogens (tertiary/aromatic N) is 1. The third-order valence-electron chi connectivity index (χ3n) is 4.54. The van der Waals surface area contributed by atoms with Gasteiger partial charge in [0.15, 0.2) is 5.13 Å². The van der Waals surface area contributed by atoms with Crippen LogP contribution in [-0.2, 0) is 16.4 Å². The van der Waals surface area contributed by atoms with Crippen molar-refractivity contribution in [3.05, 3.63) is 70.0 Å². The lowest BCUT2D eigenvalue weighted by atomic mass is 10.1.